The molecular weight excluding hydrogens is 406 g/mol. The molecule has 3 atom stereocenters. The summed E-state index contributed by atoms with van der Waals surface area (Å²) in [4.78, 5) is 31.8. The van der Waals surface area contributed by atoms with Gasteiger partial charge < -0.3 is 5.32 Å². The first kappa shape index (κ1) is 20.3. The molecule has 1 N–H and O–H groups in total. The second-order valence-corrected chi connectivity index (χ2v) is 9.93. The molecule has 1 aromatic heterocycles. The molecular formula is C25H27N3O2S. The van der Waals surface area contributed by atoms with E-state index in [0.717, 1.165) is 27.2 Å². The molecule has 5 nitrogen and oxygen atoms in total. The molecule has 1 saturated carbocycles. The summed E-state index contributed by atoms with van der Waals surface area (Å²) in [5, 5.41) is 4.43. The van der Waals surface area contributed by atoms with Crippen molar-refractivity contribution in [1.82, 2.24) is 10.3 Å². The van der Waals surface area contributed by atoms with Gasteiger partial charge in [0, 0.05) is 11.6 Å². The van der Waals surface area contributed by atoms with Crippen LogP contribution in [-0.2, 0) is 9.59 Å². The molecule has 1 aliphatic carbocycles. The lowest BCUT2D eigenvalue weighted by molar-refractivity contribution is -0.121. The summed E-state index contributed by atoms with van der Waals surface area (Å²) in [7, 11) is 0. The van der Waals surface area contributed by atoms with Crippen LogP contribution in [0.2, 0.25) is 0 Å². The third-order valence-electron chi connectivity index (χ3n) is 6.59. The number of aryl methyl sites for hydroxylation is 1. The topological polar surface area (TPSA) is 62.3 Å². The van der Waals surface area contributed by atoms with E-state index in [2.05, 4.69) is 31.3 Å². The zero-order valence-corrected chi connectivity index (χ0v) is 18.7. The van der Waals surface area contributed by atoms with Crippen LogP contribution in [0.25, 0.3) is 20.8 Å². The van der Waals surface area contributed by atoms with Crippen molar-refractivity contribution in [1.29, 1.82) is 0 Å². The predicted octanol–water partition coefficient (Wildman–Crippen LogP) is 5.07. The minimum Gasteiger partial charge on any atom is -0.302 e. The summed E-state index contributed by atoms with van der Waals surface area (Å²) in [5.74, 6) is 0.280. The van der Waals surface area contributed by atoms with Gasteiger partial charge in [0.15, 0.2) is 0 Å². The highest BCUT2D eigenvalue weighted by atomic mass is 32.1. The lowest BCUT2D eigenvalue weighted by Crippen LogP contribution is -2.47. The number of thiazole rings is 1. The van der Waals surface area contributed by atoms with Gasteiger partial charge in [-0.05, 0) is 67.6 Å². The zero-order valence-electron chi connectivity index (χ0n) is 17.9. The smallest absolute Gasteiger partial charge is 0.251 e. The van der Waals surface area contributed by atoms with Gasteiger partial charge in [0.05, 0.1) is 28.4 Å². The number of benzene rings is 2. The third-order valence-corrected chi connectivity index (χ3v) is 7.66. The number of nitrogens with zero attached hydrogens (tertiary/aromatic N) is 2. The largest absolute Gasteiger partial charge is 0.302 e. The maximum Gasteiger partial charge on any atom is 0.251 e. The van der Waals surface area contributed by atoms with E-state index in [1.165, 1.54) is 29.7 Å². The predicted molar refractivity (Wildman–Crippen MR) is 125 cm³/mol. The number of anilines is 1. The Hall–Kier alpha value is -2.57. The molecule has 0 radical (unpaired) electrons. The van der Waals surface area contributed by atoms with Crippen LogP contribution in [0.3, 0.4) is 0 Å². The molecule has 2 aromatic carbocycles. The fraction of sp³-hybridized carbons (Fsp3) is 0.400. The van der Waals surface area contributed by atoms with Crippen LogP contribution in [0.15, 0.2) is 42.5 Å². The molecule has 1 saturated heterocycles. The van der Waals surface area contributed by atoms with E-state index in [0.29, 0.717) is 17.6 Å². The van der Waals surface area contributed by atoms with E-state index < -0.39 is 6.04 Å². The second kappa shape index (κ2) is 8.17. The Bertz CT molecular complexity index is 1140. The van der Waals surface area contributed by atoms with Crippen LogP contribution < -0.4 is 10.2 Å². The van der Waals surface area contributed by atoms with Crippen LogP contribution in [0, 0.1) is 12.8 Å². The maximum absolute atomic E-state index is 13.0. The van der Waals surface area contributed by atoms with Gasteiger partial charge in [0.2, 0.25) is 5.91 Å². The number of aromatic nitrogens is 1. The van der Waals surface area contributed by atoms with Crippen molar-refractivity contribution >= 4 is 39.1 Å². The van der Waals surface area contributed by atoms with Crippen LogP contribution in [0.4, 0.5) is 5.69 Å². The molecule has 2 amide bonds. The molecule has 6 heteroatoms. The number of carbonyl (C=O) groups is 2. The SMILES string of the molecule is Cc1ccc2nc(-c3ccc(N4C(=O)C[C@@H](N[C@@H]5CCCC[C@@H]5C)C4=O)cc3)sc2c1. The number of nitrogens with one attached hydrogen (secondary N) is 1. The van der Waals surface area contributed by atoms with Crippen molar-refractivity contribution in [3.05, 3.63) is 48.0 Å². The highest BCUT2D eigenvalue weighted by Crippen LogP contribution is 2.33. The Kier molecular flexibility index (Phi) is 5.36. The molecule has 2 heterocycles. The van der Waals surface area contributed by atoms with Crippen molar-refractivity contribution in [3.63, 3.8) is 0 Å². The van der Waals surface area contributed by atoms with Gasteiger partial charge in [-0.3, -0.25) is 9.59 Å². The fourth-order valence-electron chi connectivity index (χ4n) is 4.76. The summed E-state index contributed by atoms with van der Waals surface area (Å²) in [6.07, 6.45) is 4.94. The second-order valence-electron chi connectivity index (χ2n) is 8.90. The van der Waals surface area contributed by atoms with Crippen molar-refractivity contribution in [2.24, 2.45) is 5.92 Å². The number of hydrogen-bond acceptors (Lipinski definition) is 5. The Labute approximate surface area is 186 Å². The Morgan fingerprint density at radius 2 is 1.84 bits per heavy atom. The van der Waals surface area contributed by atoms with Crippen molar-refractivity contribution < 1.29 is 9.59 Å². The van der Waals surface area contributed by atoms with E-state index in [9.17, 15) is 9.59 Å². The first-order chi connectivity index (χ1) is 15.0. The van der Waals surface area contributed by atoms with Crippen molar-refractivity contribution in [2.75, 3.05) is 4.90 Å². The van der Waals surface area contributed by atoms with E-state index >= 15 is 0 Å². The van der Waals surface area contributed by atoms with E-state index in [4.69, 9.17) is 4.98 Å². The molecule has 3 aromatic rings. The monoisotopic (exact) mass is 433 g/mol. The highest BCUT2D eigenvalue weighted by Gasteiger charge is 2.41. The number of hydrogen-bond donors (Lipinski definition) is 1. The number of fused-ring (bicyclic) bond motifs is 1. The van der Waals surface area contributed by atoms with E-state index in [1.54, 1.807) is 11.3 Å². The summed E-state index contributed by atoms with van der Waals surface area (Å²) in [5.41, 5.74) is 3.84. The Balaban J connectivity index is 1.33. The minimum absolute atomic E-state index is 0.130. The number of amides is 2. The Morgan fingerprint density at radius 1 is 1.06 bits per heavy atom. The van der Waals surface area contributed by atoms with Gasteiger partial charge in [-0.25, -0.2) is 9.88 Å². The molecule has 1 aliphatic heterocycles. The summed E-state index contributed by atoms with van der Waals surface area (Å²) >= 11 is 1.66. The molecule has 2 aliphatic rings. The van der Waals surface area contributed by atoms with Crippen LogP contribution in [0.1, 0.15) is 44.6 Å². The summed E-state index contributed by atoms with van der Waals surface area (Å²) < 4.78 is 1.16. The first-order valence-corrected chi connectivity index (χ1v) is 11.9. The molecule has 2 fully saturated rings. The molecule has 0 bridgehead atoms. The summed E-state index contributed by atoms with van der Waals surface area (Å²) in [6, 6.07) is 13.8. The minimum atomic E-state index is -0.412. The number of rotatable bonds is 4. The molecule has 0 unspecified atom stereocenters. The first-order valence-electron chi connectivity index (χ1n) is 11.1. The molecule has 160 valence electrons. The van der Waals surface area contributed by atoms with Gasteiger partial charge in [-0.1, -0.05) is 25.8 Å². The lowest BCUT2D eigenvalue weighted by Gasteiger charge is -2.31. The number of carbonyl (C=O) groups excluding carboxylic acids is 2. The van der Waals surface area contributed by atoms with Gasteiger partial charge in [-0.15, -0.1) is 11.3 Å². The molecule has 5 rings (SSSR count). The average molecular weight is 434 g/mol. The normalized spacial score (nSPS) is 24.3. The maximum atomic E-state index is 13.0. The zero-order chi connectivity index (χ0) is 21.5. The average Bonchev–Trinajstić information content (AvgIpc) is 3.30. The van der Waals surface area contributed by atoms with Gasteiger partial charge >= 0.3 is 0 Å². The van der Waals surface area contributed by atoms with E-state index in [1.807, 2.05) is 30.3 Å². The van der Waals surface area contributed by atoms with Gasteiger partial charge in [0.1, 0.15) is 5.01 Å². The third kappa shape index (κ3) is 3.90. The van der Waals surface area contributed by atoms with Crippen molar-refractivity contribution in [3.8, 4) is 10.6 Å². The summed E-state index contributed by atoms with van der Waals surface area (Å²) in [6.45, 7) is 4.31. The number of imide groups is 1. The quantitative estimate of drug-likeness (QED) is 0.584. The van der Waals surface area contributed by atoms with Crippen LogP contribution in [0.5, 0.6) is 0 Å². The van der Waals surface area contributed by atoms with Crippen LogP contribution in [-0.4, -0.2) is 28.9 Å². The van der Waals surface area contributed by atoms with E-state index in [-0.39, 0.29) is 18.2 Å². The van der Waals surface area contributed by atoms with Crippen LogP contribution >= 0.6 is 11.3 Å². The van der Waals surface area contributed by atoms with Crippen molar-refractivity contribution in [2.45, 2.75) is 58.0 Å². The van der Waals surface area contributed by atoms with Gasteiger partial charge in [-0.2, -0.15) is 0 Å². The Morgan fingerprint density at radius 3 is 2.61 bits per heavy atom. The fourth-order valence-corrected chi connectivity index (χ4v) is 5.83. The lowest BCUT2D eigenvalue weighted by atomic mass is 9.85. The standard InChI is InChI=1S/C25H27N3O2S/c1-15-7-12-20-22(13-15)31-24(27-20)17-8-10-18(11-9-17)28-23(29)14-21(25(28)30)26-19-6-4-3-5-16(19)2/h7-13,16,19,21,26H,3-6,14H2,1-2H3/t16-,19+,21+/m0/s1. The highest BCUT2D eigenvalue weighted by molar-refractivity contribution is 7.21. The molecule has 31 heavy (non-hydrogen) atoms. The van der Waals surface area contributed by atoms with Gasteiger partial charge in [0.25, 0.3) is 5.91 Å². The molecule has 0 spiro atoms.